The van der Waals surface area contributed by atoms with Gasteiger partial charge in [-0.3, -0.25) is 4.72 Å². The van der Waals surface area contributed by atoms with Crippen LogP contribution in [0.3, 0.4) is 0 Å². The molecule has 35 heavy (non-hydrogen) atoms. The van der Waals surface area contributed by atoms with Crippen LogP contribution < -0.4 is 28.4 Å². The highest BCUT2D eigenvalue weighted by Gasteiger charge is 2.20. The van der Waals surface area contributed by atoms with Crippen LogP contribution in [-0.4, -0.2) is 44.0 Å². The van der Waals surface area contributed by atoms with Crippen LogP contribution in [0.4, 0.5) is 10.1 Å². The molecule has 10 heteroatoms. The number of benzene rings is 3. The van der Waals surface area contributed by atoms with Gasteiger partial charge in [-0.2, -0.15) is 0 Å². The lowest BCUT2D eigenvalue weighted by Crippen LogP contribution is -2.14. The zero-order valence-electron chi connectivity index (χ0n) is 19.9. The summed E-state index contributed by atoms with van der Waals surface area (Å²) in [6, 6.07) is 11.5. The summed E-state index contributed by atoms with van der Waals surface area (Å²) in [6.45, 7) is 0. The summed E-state index contributed by atoms with van der Waals surface area (Å²) < 4.78 is 68.7. The first-order chi connectivity index (χ1) is 16.8. The second-order valence-corrected chi connectivity index (χ2v) is 8.84. The maximum atomic E-state index is 13.6. The van der Waals surface area contributed by atoms with E-state index in [-0.39, 0.29) is 16.3 Å². The van der Waals surface area contributed by atoms with E-state index in [2.05, 4.69) is 4.72 Å². The minimum absolute atomic E-state index is 0.126. The number of anilines is 1. The van der Waals surface area contributed by atoms with Crippen LogP contribution in [0.1, 0.15) is 11.1 Å². The average molecular weight is 504 g/mol. The number of nitrogens with one attached hydrogen (secondary N) is 1. The Hall–Kier alpha value is -3.92. The van der Waals surface area contributed by atoms with E-state index >= 15 is 0 Å². The molecule has 0 unspecified atom stereocenters. The van der Waals surface area contributed by atoms with Gasteiger partial charge in [-0.05, 0) is 53.6 Å². The lowest BCUT2D eigenvalue weighted by atomic mass is 10.1. The average Bonchev–Trinajstić information content (AvgIpc) is 2.86. The van der Waals surface area contributed by atoms with Crippen LogP contribution in [0.5, 0.6) is 28.7 Å². The number of ether oxygens (including phenoxy) is 5. The van der Waals surface area contributed by atoms with Crippen LogP contribution in [-0.2, 0) is 10.0 Å². The Kier molecular flexibility index (Phi) is 8.08. The summed E-state index contributed by atoms with van der Waals surface area (Å²) in [6.07, 6.45) is 3.54. The summed E-state index contributed by atoms with van der Waals surface area (Å²) in [4.78, 5) is -0.225. The molecule has 0 saturated carbocycles. The molecule has 1 N–H and O–H groups in total. The summed E-state index contributed by atoms with van der Waals surface area (Å²) >= 11 is 0. The molecular formula is C25H26FNO7S. The Morgan fingerprint density at radius 3 is 1.71 bits per heavy atom. The Morgan fingerprint density at radius 1 is 0.714 bits per heavy atom. The Morgan fingerprint density at radius 2 is 1.23 bits per heavy atom. The molecule has 0 bridgehead atoms. The van der Waals surface area contributed by atoms with Crippen molar-refractivity contribution in [3.8, 4) is 28.7 Å². The first-order valence-electron chi connectivity index (χ1n) is 10.3. The van der Waals surface area contributed by atoms with E-state index in [9.17, 15) is 12.8 Å². The molecule has 8 nitrogen and oxygen atoms in total. The fourth-order valence-electron chi connectivity index (χ4n) is 3.39. The van der Waals surface area contributed by atoms with Crippen molar-refractivity contribution >= 4 is 27.9 Å². The lowest BCUT2D eigenvalue weighted by Gasteiger charge is -2.16. The quantitative estimate of drug-likeness (QED) is 0.396. The van der Waals surface area contributed by atoms with E-state index in [1.54, 1.807) is 36.4 Å². The van der Waals surface area contributed by atoms with Crippen molar-refractivity contribution < 1.29 is 36.5 Å². The molecule has 0 atom stereocenters. The van der Waals surface area contributed by atoms with Gasteiger partial charge in [0, 0.05) is 0 Å². The number of sulfonamides is 1. The molecule has 0 saturated heterocycles. The predicted octanol–water partition coefficient (Wildman–Crippen LogP) is 4.84. The van der Waals surface area contributed by atoms with Gasteiger partial charge in [0.15, 0.2) is 23.0 Å². The highest BCUT2D eigenvalue weighted by atomic mass is 32.2. The molecule has 0 aliphatic heterocycles. The second kappa shape index (κ2) is 11.0. The van der Waals surface area contributed by atoms with Gasteiger partial charge in [-0.15, -0.1) is 0 Å². The first kappa shape index (κ1) is 25.7. The normalized spacial score (nSPS) is 11.3. The Balaban J connectivity index is 2.03. The molecule has 3 aromatic rings. The molecule has 0 spiro atoms. The minimum Gasteiger partial charge on any atom is -0.493 e. The number of halogens is 1. The fourth-order valence-corrected chi connectivity index (χ4v) is 4.47. The molecule has 3 aromatic carbocycles. The number of hydrogen-bond donors (Lipinski definition) is 1. The van der Waals surface area contributed by atoms with Crippen LogP contribution in [0, 0.1) is 5.82 Å². The van der Waals surface area contributed by atoms with Gasteiger partial charge >= 0.3 is 0 Å². The van der Waals surface area contributed by atoms with Gasteiger partial charge in [-0.1, -0.05) is 18.2 Å². The largest absolute Gasteiger partial charge is 0.493 e. The van der Waals surface area contributed by atoms with Gasteiger partial charge in [0.2, 0.25) is 5.75 Å². The van der Waals surface area contributed by atoms with Gasteiger partial charge in [-0.25, -0.2) is 12.8 Å². The third-order valence-electron chi connectivity index (χ3n) is 5.01. The van der Waals surface area contributed by atoms with E-state index < -0.39 is 15.8 Å². The molecule has 0 radical (unpaired) electrons. The maximum Gasteiger partial charge on any atom is 0.262 e. The third-order valence-corrected chi connectivity index (χ3v) is 6.37. The molecule has 0 heterocycles. The maximum absolute atomic E-state index is 13.6. The third kappa shape index (κ3) is 5.78. The van der Waals surface area contributed by atoms with Crippen molar-refractivity contribution in [2.45, 2.75) is 4.90 Å². The van der Waals surface area contributed by atoms with Crippen molar-refractivity contribution in [3.63, 3.8) is 0 Å². The first-order valence-corrected chi connectivity index (χ1v) is 11.8. The van der Waals surface area contributed by atoms with Crippen molar-refractivity contribution in [1.29, 1.82) is 0 Å². The number of methoxy groups -OCH3 is 5. The molecule has 0 aromatic heterocycles. The van der Waals surface area contributed by atoms with Crippen LogP contribution in [0.2, 0.25) is 0 Å². The fraction of sp³-hybridized carbons (Fsp3) is 0.200. The molecule has 0 amide bonds. The summed E-state index contributed by atoms with van der Waals surface area (Å²) in [5.74, 6) is 1.25. The van der Waals surface area contributed by atoms with Gasteiger partial charge < -0.3 is 23.7 Å². The van der Waals surface area contributed by atoms with Crippen LogP contribution in [0.25, 0.3) is 12.2 Å². The minimum atomic E-state index is -4.10. The van der Waals surface area contributed by atoms with Crippen molar-refractivity contribution in [3.05, 3.63) is 65.5 Å². The zero-order valence-corrected chi connectivity index (χ0v) is 20.7. The molecule has 0 fully saturated rings. The van der Waals surface area contributed by atoms with Crippen molar-refractivity contribution in [2.75, 3.05) is 40.3 Å². The topological polar surface area (TPSA) is 92.3 Å². The SMILES string of the molecule is COc1cc(C=Cc2cc(OC)c(OC)c(OC)c2)cc(NS(=O)(=O)c2cccc(F)c2)c1OC. The van der Waals surface area contributed by atoms with E-state index in [0.29, 0.717) is 28.6 Å². The van der Waals surface area contributed by atoms with Gasteiger partial charge in [0.1, 0.15) is 5.82 Å². The monoisotopic (exact) mass is 503 g/mol. The van der Waals surface area contributed by atoms with E-state index in [1.165, 1.54) is 47.7 Å². The molecule has 0 aliphatic carbocycles. The molecule has 3 rings (SSSR count). The summed E-state index contributed by atoms with van der Waals surface area (Å²) in [5.41, 5.74) is 1.48. The Bertz CT molecular complexity index is 1310. The second-order valence-electron chi connectivity index (χ2n) is 7.16. The van der Waals surface area contributed by atoms with Gasteiger partial charge in [0.05, 0.1) is 46.1 Å². The molecule has 0 aliphatic rings. The summed E-state index contributed by atoms with van der Waals surface area (Å²) in [5, 5.41) is 0. The van der Waals surface area contributed by atoms with Gasteiger partial charge in [0.25, 0.3) is 10.0 Å². The Labute approximate surface area is 203 Å². The zero-order chi connectivity index (χ0) is 25.6. The standard InChI is InChI=1S/C25H26FNO7S/c1-30-21-12-16(9-10-17-13-22(31-2)25(34-5)23(14-17)32-3)11-20(24(21)33-4)27-35(28,29)19-8-6-7-18(26)15-19/h6-15,27H,1-5H3. The summed E-state index contributed by atoms with van der Waals surface area (Å²) in [7, 11) is 3.30. The van der Waals surface area contributed by atoms with Crippen LogP contribution in [0.15, 0.2) is 53.4 Å². The molecular weight excluding hydrogens is 477 g/mol. The highest BCUT2D eigenvalue weighted by molar-refractivity contribution is 7.92. The van der Waals surface area contributed by atoms with Crippen LogP contribution >= 0.6 is 0 Å². The number of hydrogen-bond acceptors (Lipinski definition) is 7. The van der Waals surface area contributed by atoms with Crippen molar-refractivity contribution in [1.82, 2.24) is 0 Å². The molecule has 186 valence electrons. The van der Waals surface area contributed by atoms with E-state index in [4.69, 9.17) is 23.7 Å². The smallest absolute Gasteiger partial charge is 0.262 e. The highest BCUT2D eigenvalue weighted by Crippen LogP contribution is 2.40. The predicted molar refractivity (Wildman–Crippen MR) is 132 cm³/mol. The van der Waals surface area contributed by atoms with Crippen molar-refractivity contribution in [2.24, 2.45) is 0 Å². The van der Waals surface area contributed by atoms with E-state index in [1.807, 2.05) is 0 Å². The number of rotatable bonds is 10. The van der Waals surface area contributed by atoms with E-state index in [0.717, 1.165) is 17.7 Å². The lowest BCUT2D eigenvalue weighted by molar-refractivity contribution is 0.324.